The van der Waals surface area contributed by atoms with Crippen LogP contribution in [-0.4, -0.2) is 18.8 Å². The van der Waals surface area contributed by atoms with E-state index in [0.29, 0.717) is 5.75 Å². The van der Waals surface area contributed by atoms with Gasteiger partial charge in [-0.2, -0.15) is 0 Å². The highest BCUT2D eigenvalue weighted by Gasteiger charge is 2.14. The Balaban J connectivity index is 1.96. The van der Waals surface area contributed by atoms with E-state index in [2.05, 4.69) is 18.3 Å². The standard InChI is InChI=1S/C19H23NO2S/c1-4-17(15-10-11-18(22-3)14(2)12-15)20-19(21)13-23-16-8-6-5-7-9-16/h5-12,17H,4,13H2,1-3H3,(H,20,21). The summed E-state index contributed by atoms with van der Waals surface area (Å²) in [5.74, 6) is 1.35. The summed E-state index contributed by atoms with van der Waals surface area (Å²) in [6.07, 6.45) is 0.855. The molecule has 0 aliphatic rings. The van der Waals surface area contributed by atoms with Gasteiger partial charge in [-0.3, -0.25) is 4.79 Å². The largest absolute Gasteiger partial charge is 0.496 e. The Morgan fingerprint density at radius 3 is 2.57 bits per heavy atom. The van der Waals surface area contributed by atoms with Crippen LogP contribution in [0, 0.1) is 6.92 Å². The fraction of sp³-hybridized carbons (Fsp3) is 0.316. The first kappa shape index (κ1) is 17.4. The Morgan fingerprint density at radius 1 is 1.22 bits per heavy atom. The maximum Gasteiger partial charge on any atom is 0.230 e. The van der Waals surface area contributed by atoms with E-state index in [0.717, 1.165) is 28.2 Å². The van der Waals surface area contributed by atoms with Crippen molar-refractivity contribution in [3.63, 3.8) is 0 Å². The summed E-state index contributed by atoms with van der Waals surface area (Å²) in [6.45, 7) is 4.09. The van der Waals surface area contributed by atoms with Gasteiger partial charge >= 0.3 is 0 Å². The van der Waals surface area contributed by atoms with Crippen molar-refractivity contribution >= 4 is 17.7 Å². The average Bonchev–Trinajstić information content (AvgIpc) is 2.58. The van der Waals surface area contributed by atoms with Crippen LogP contribution in [0.25, 0.3) is 0 Å². The molecule has 0 saturated heterocycles. The van der Waals surface area contributed by atoms with Gasteiger partial charge in [-0.25, -0.2) is 0 Å². The number of benzene rings is 2. The normalized spacial score (nSPS) is 11.8. The summed E-state index contributed by atoms with van der Waals surface area (Å²) in [4.78, 5) is 13.3. The molecular formula is C19H23NO2S. The lowest BCUT2D eigenvalue weighted by molar-refractivity contribution is -0.119. The van der Waals surface area contributed by atoms with E-state index in [4.69, 9.17) is 4.74 Å². The Hall–Kier alpha value is -1.94. The number of carbonyl (C=O) groups excluding carboxylic acids is 1. The van der Waals surface area contributed by atoms with E-state index in [1.54, 1.807) is 18.9 Å². The highest BCUT2D eigenvalue weighted by molar-refractivity contribution is 8.00. The molecule has 0 aliphatic carbocycles. The minimum Gasteiger partial charge on any atom is -0.496 e. The van der Waals surface area contributed by atoms with Crippen LogP contribution in [0.15, 0.2) is 53.4 Å². The molecule has 0 saturated carbocycles. The summed E-state index contributed by atoms with van der Waals surface area (Å²) in [6, 6.07) is 16.1. The highest BCUT2D eigenvalue weighted by atomic mass is 32.2. The third-order valence-electron chi connectivity index (χ3n) is 3.68. The van der Waals surface area contributed by atoms with Crippen LogP contribution in [0.3, 0.4) is 0 Å². The highest BCUT2D eigenvalue weighted by Crippen LogP contribution is 2.24. The number of amides is 1. The number of aryl methyl sites for hydroxylation is 1. The van der Waals surface area contributed by atoms with E-state index < -0.39 is 0 Å². The molecule has 0 bridgehead atoms. The number of thioether (sulfide) groups is 1. The van der Waals surface area contributed by atoms with Gasteiger partial charge in [-0.05, 0) is 42.7 Å². The molecule has 0 spiro atoms. The van der Waals surface area contributed by atoms with E-state index in [9.17, 15) is 4.79 Å². The zero-order valence-corrected chi connectivity index (χ0v) is 14.7. The Kier molecular flexibility index (Phi) is 6.53. The number of rotatable bonds is 7. The molecule has 23 heavy (non-hydrogen) atoms. The predicted molar refractivity (Wildman–Crippen MR) is 96.1 cm³/mol. The quantitative estimate of drug-likeness (QED) is 0.767. The second-order valence-electron chi connectivity index (χ2n) is 5.36. The third-order valence-corrected chi connectivity index (χ3v) is 4.69. The Bertz CT molecular complexity index is 643. The Labute approximate surface area is 142 Å². The van der Waals surface area contributed by atoms with Gasteiger partial charge in [0.05, 0.1) is 18.9 Å². The van der Waals surface area contributed by atoms with Crippen LogP contribution in [0.2, 0.25) is 0 Å². The summed E-state index contributed by atoms with van der Waals surface area (Å²) >= 11 is 1.55. The molecule has 1 unspecified atom stereocenters. The summed E-state index contributed by atoms with van der Waals surface area (Å²) in [5.41, 5.74) is 2.19. The van der Waals surface area contributed by atoms with Gasteiger partial charge in [0, 0.05) is 4.90 Å². The van der Waals surface area contributed by atoms with Crippen molar-refractivity contribution in [2.75, 3.05) is 12.9 Å². The van der Waals surface area contributed by atoms with Crippen LogP contribution in [-0.2, 0) is 4.79 Å². The van der Waals surface area contributed by atoms with Crippen LogP contribution < -0.4 is 10.1 Å². The van der Waals surface area contributed by atoms with Gasteiger partial charge in [0.25, 0.3) is 0 Å². The predicted octanol–water partition coefficient (Wildman–Crippen LogP) is 4.36. The SMILES string of the molecule is CCC(NC(=O)CSc1ccccc1)c1ccc(OC)c(C)c1. The molecule has 0 aromatic heterocycles. The summed E-state index contributed by atoms with van der Waals surface area (Å²) < 4.78 is 5.29. The number of methoxy groups -OCH3 is 1. The van der Waals surface area contributed by atoms with Crippen molar-refractivity contribution in [2.24, 2.45) is 0 Å². The zero-order valence-electron chi connectivity index (χ0n) is 13.8. The number of hydrogen-bond donors (Lipinski definition) is 1. The molecule has 1 atom stereocenters. The van der Waals surface area contributed by atoms with Gasteiger partial charge in [0.2, 0.25) is 5.91 Å². The molecule has 2 aromatic rings. The second kappa shape index (κ2) is 8.63. The smallest absolute Gasteiger partial charge is 0.230 e. The lowest BCUT2D eigenvalue weighted by atomic mass is 10.0. The van der Waals surface area contributed by atoms with Crippen molar-refractivity contribution < 1.29 is 9.53 Å². The van der Waals surface area contributed by atoms with Crippen molar-refractivity contribution in [2.45, 2.75) is 31.2 Å². The molecule has 1 N–H and O–H groups in total. The van der Waals surface area contributed by atoms with Gasteiger partial charge in [-0.15, -0.1) is 11.8 Å². The van der Waals surface area contributed by atoms with E-state index in [1.165, 1.54) is 0 Å². The van der Waals surface area contributed by atoms with E-state index in [-0.39, 0.29) is 11.9 Å². The minimum atomic E-state index is 0.0310. The number of hydrogen-bond acceptors (Lipinski definition) is 3. The first-order valence-electron chi connectivity index (χ1n) is 7.75. The van der Waals surface area contributed by atoms with Gasteiger partial charge in [0.1, 0.15) is 5.75 Å². The van der Waals surface area contributed by atoms with Crippen LogP contribution in [0.4, 0.5) is 0 Å². The maximum absolute atomic E-state index is 12.2. The minimum absolute atomic E-state index is 0.0310. The second-order valence-corrected chi connectivity index (χ2v) is 6.41. The molecule has 122 valence electrons. The Morgan fingerprint density at radius 2 is 1.96 bits per heavy atom. The number of ether oxygens (including phenoxy) is 1. The summed E-state index contributed by atoms with van der Waals surface area (Å²) in [7, 11) is 1.67. The molecule has 0 heterocycles. The first-order valence-corrected chi connectivity index (χ1v) is 8.74. The third kappa shape index (κ3) is 5.03. The van der Waals surface area contributed by atoms with Crippen molar-refractivity contribution in [1.29, 1.82) is 0 Å². The van der Waals surface area contributed by atoms with Gasteiger partial charge in [0.15, 0.2) is 0 Å². The average molecular weight is 329 g/mol. The molecular weight excluding hydrogens is 306 g/mol. The first-order chi connectivity index (χ1) is 11.1. The van der Waals surface area contributed by atoms with Crippen molar-refractivity contribution in [1.82, 2.24) is 5.32 Å². The van der Waals surface area contributed by atoms with Crippen LogP contribution in [0.1, 0.15) is 30.5 Å². The molecule has 1 amide bonds. The fourth-order valence-electron chi connectivity index (χ4n) is 2.44. The molecule has 0 aliphatic heterocycles. The fourth-order valence-corrected chi connectivity index (χ4v) is 3.17. The van der Waals surface area contributed by atoms with E-state index >= 15 is 0 Å². The maximum atomic E-state index is 12.2. The zero-order chi connectivity index (χ0) is 16.7. The molecule has 0 fully saturated rings. The van der Waals surface area contributed by atoms with Crippen LogP contribution >= 0.6 is 11.8 Å². The molecule has 2 aromatic carbocycles. The van der Waals surface area contributed by atoms with Crippen molar-refractivity contribution in [3.05, 3.63) is 59.7 Å². The summed E-state index contributed by atoms with van der Waals surface area (Å²) in [5, 5.41) is 3.12. The topological polar surface area (TPSA) is 38.3 Å². The lowest BCUT2D eigenvalue weighted by Gasteiger charge is -2.19. The number of nitrogens with one attached hydrogen (secondary N) is 1. The van der Waals surface area contributed by atoms with Gasteiger partial charge in [-0.1, -0.05) is 37.3 Å². The van der Waals surface area contributed by atoms with Crippen molar-refractivity contribution in [3.8, 4) is 5.75 Å². The lowest BCUT2D eigenvalue weighted by Crippen LogP contribution is -2.29. The molecule has 0 radical (unpaired) electrons. The molecule has 4 heteroatoms. The molecule has 3 nitrogen and oxygen atoms in total. The van der Waals surface area contributed by atoms with Gasteiger partial charge < -0.3 is 10.1 Å². The monoisotopic (exact) mass is 329 g/mol. The van der Waals surface area contributed by atoms with E-state index in [1.807, 2.05) is 49.4 Å². The molecule has 2 rings (SSSR count). The number of carbonyl (C=O) groups is 1. The van der Waals surface area contributed by atoms with Crippen LogP contribution in [0.5, 0.6) is 5.75 Å².